The molecule has 0 bridgehead atoms. The van der Waals surface area contributed by atoms with Gasteiger partial charge in [-0.2, -0.15) is 11.3 Å². The Morgan fingerprint density at radius 3 is 2.86 bits per heavy atom. The molecule has 106 valence electrons. The Morgan fingerprint density at radius 1 is 1.24 bits per heavy atom. The van der Waals surface area contributed by atoms with Crippen LogP contribution in [0, 0.1) is 0 Å². The molecule has 3 rings (SSSR count). The minimum Gasteiger partial charge on any atom is -0.325 e. The highest BCUT2D eigenvalue weighted by Crippen LogP contribution is 2.26. The van der Waals surface area contributed by atoms with Gasteiger partial charge in [0.1, 0.15) is 5.01 Å². The third kappa shape index (κ3) is 3.58. The maximum absolute atomic E-state index is 12.1. The normalized spacial score (nSPS) is 10.5. The van der Waals surface area contributed by atoms with E-state index in [1.165, 1.54) is 0 Å². The van der Waals surface area contributed by atoms with E-state index < -0.39 is 0 Å². The average molecular weight is 379 g/mol. The van der Waals surface area contributed by atoms with Crippen molar-refractivity contribution < 1.29 is 4.79 Å². The molecule has 2 heterocycles. The van der Waals surface area contributed by atoms with Crippen LogP contribution in [0.25, 0.3) is 10.6 Å². The van der Waals surface area contributed by atoms with Crippen LogP contribution in [0.1, 0.15) is 5.69 Å². The van der Waals surface area contributed by atoms with Gasteiger partial charge in [-0.15, -0.1) is 11.3 Å². The molecule has 0 saturated carbocycles. The zero-order chi connectivity index (χ0) is 14.7. The van der Waals surface area contributed by atoms with E-state index in [0.717, 1.165) is 26.4 Å². The number of benzene rings is 1. The van der Waals surface area contributed by atoms with Crippen LogP contribution >= 0.6 is 38.6 Å². The molecule has 21 heavy (non-hydrogen) atoms. The van der Waals surface area contributed by atoms with E-state index in [4.69, 9.17) is 0 Å². The van der Waals surface area contributed by atoms with Crippen LogP contribution in [0.5, 0.6) is 0 Å². The molecule has 0 fully saturated rings. The fourth-order valence-electron chi connectivity index (χ4n) is 1.83. The van der Waals surface area contributed by atoms with Gasteiger partial charge in [0, 0.05) is 20.8 Å². The van der Waals surface area contributed by atoms with E-state index in [1.807, 2.05) is 41.1 Å². The van der Waals surface area contributed by atoms with Crippen LogP contribution in [0.4, 0.5) is 5.69 Å². The summed E-state index contributed by atoms with van der Waals surface area (Å²) in [6, 6.07) is 9.59. The van der Waals surface area contributed by atoms with Crippen LogP contribution in [-0.4, -0.2) is 10.9 Å². The Balaban J connectivity index is 1.67. The molecular formula is C15H11BrN2OS2. The zero-order valence-corrected chi connectivity index (χ0v) is 14.1. The average Bonchev–Trinajstić information content (AvgIpc) is 3.12. The lowest BCUT2D eigenvalue weighted by Gasteiger charge is -2.05. The quantitative estimate of drug-likeness (QED) is 0.707. The van der Waals surface area contributed by atoms with Gasteiger partial charge in [-0.3, -0.25) is 4.79 Å². The van der Waals surface area contributed by atoms with Gasteiger partial charge in [-0.05, 0) is 39.5 Å². The second-order valence-corrected chi connectivity index (χ2v) is 6.85. The summed E-state index contributed by atoms with van der Waals surface area (Å²) in [5.41, 5.74) is 2.68. The van der Waals surface area contributed by atoms with Gasteiger partial charge >= 0.3 is 0 Å². The zero-order valence-electron chi connectivity index (χ0n) is 10.9. The first-order chi connectivity index (χ1) is 10.2. The predicted octanol–water partition coefficient (Wildman–Crippen LogP) is 4.82. The lowest BCUT2D eigenvalue weighted by atomic mass is 10.3. The van der Waals surface area contributed by atoms with Crippen molar-refractivity contribution >= 4 is 50.2 Å². The van der Waals surface area contributed by atoms with Gasteiger partial charge in [0.15, 0.2) is 0 Å². The molecule has 1 N–H and O–H groups in total. The summed E-state index contributed by atoms with van der Waals surface area (Å²) in [4.78, 5) is 16.6. The van der Waals surface area contributed by atoms with Gasteiger partial charge in [-0.25, -0.2) is 4.98 Å². The lowest BCUT2D eigenvalue weighted by Crippen LogP contribution is -2.14. The van der Waals surface area contributed by atoms with Crippen molar-refractivity contribution in [1.29, 1.82) is 0 Å². The summed E-state index contributed by atoms with van der Waals surface area (Å²) < 4.78 is 0.871. The second kappa shape index (κ2) is 6.51. The molecule has 6 heteroatoms. The van der Waals surface area contributed by atoms with Crippen LogP contribution < -0.4 is 5.32 Å². The number of carbonyl (C=O) groups excluding carboxylic acids is 1. The van der Waals surface area contributed by atoms with E-state index in [9.17, 15) is 4.79 Å². The van der Waals surface area contributed by atoms with Gasteiger partial charge in [0.2, 0.25) is 5.91 Å². The third-order valence-electron chi connectivity index (χ3n) is 2.81. The summed E-state index contributed by atoms with van der Waals surface area (Å²) in [7, 11) is 0. The molecule has 3 aromatic rings. The van der Waals surface area contributed by atoms with Crippen molar-refractivity contribution in [2.45, 2.75) is 6.42 Å². The standard InChI is InChI=1S/C15H11BrN2OS2/c16-12-3-1-2-4-13(12)18-14(19)7-11-9-21-15(17-11)10-5-6-20-8-10/h1-6,8-9H,7H2,(H,18,19). The summed E-state index contributed by atoms with van der Waals surface area (Å²) in [6.07, 6.45) is 0.280. The Labute approximate surface area is 138 Å². The number of nitrogens with one attached hydrogen (secondary N) is 1. The maximum atomic E-state index is 12.1. The van der Waals surface area contributed by atoms with Gasteiger partial charge in [-0.1, -0.05) is 12.1 Å². The van der Waals surface area contributed by atoms with E-state index >= 15 is 0 Å². The molecule has 1 amide bonds. The fraction of sp³-hybridized carbons (Fsp3) is 0.0667. The number of amides is 1. The number of para-hydroxylation sites is 1. The molecule has 0 aliphatic heterocycles. The van der Waals surface area contributed by atoms with Crippen molar-refractivity contribution in [3.05, 3.63) is 56.6 Å². The Kier molecular flexibility index (Phi) is 4.48. The first-order valence-electron chi connectivity index (χ1n) is 6.24. The first kappa shape index (κ1) is 14.4. The van der Waals surface area contributed by atoms with E-state index in [-0.39, 0.29) is 12.3 Å². The molecule has 0 atom stereocenters. The number of anilines is 1. The third-order valence-corrected chi connectivity index (χ3v) is 5.12. The number of halogens is 1. The Morgan fingerprint density at radius 2 is 2.10 bits per heavy atom. The van der Waals surface area contributed by atoms with Crippen molar-refractivity contribution in [2.24, 2.45) is 0 Å². The topological polar surface area (TPSA) is 42.0 Å². The molecule has 3 nitrogen and oxygen atoms in total. The number of thiophene rings is 1. The molecule has 0 saturated heterocycles. The van der Waals surface area contributed by atoms with E-state index in [0.29, 0.717) is 0 Å². The first-order valence-corrected chi connectivity index (χ1v) is 8.85. The minimum atomic E-state index is -0.0657. The number of thiazole rings is 1. The number of hydrogen-bond acceptors (Lipinski definition) is 4. The molecule has 2 aromatic heterocycles. The summed E-state index contributed by atoms with van der Waals surface area (Å²) in [5.74, 6) is -0.0657. The van der Waals surface area contributed by atoms with Gasteiger partial charge in [0.05, 0.1) is 17.8 Å². The molecule has 0 aliphatic carbocycles. The maximum Gasteiger partial charge on any atom is 0.230 e. The SMILES string of the molecule is O=C(Cc1csc(-c2ccsc2)n1)Nc1ccccc1Br. The largest absolute Gasteiger partial charge is 0.325 e. The lowest BCUT2D eigenvalue weighted by molar-refractivity contribution is -0.115. The number of hydrogen-bond donors (Lipinski definition) is 1. The molecule has 0 aliphatic rings. The minimum absolute atomic E-state index is 0.0657. The van der Waals surface area contributed by atoms with E-state index in [2.05, 4.69) is 31.6 Å². The smallest absolute Gasteiger partial charge is 0.230 e. The van der Waals surface area contributed by atoms with Crippen molar-refractivity contribution in [1.82, 2.24) is 4.98 Å². The molecule has 0 radical (unpaired) electrons. The van der Waals surface area contributed by atoms with Gasteiger partial charge < -0.3 is 5.32 Å². The fourth-order valence-corrected chi connectivity index (χ4v) is 3.74. The summed E-state index contributed by atoms with van der Waals surface area (Å²) in [6.45, 7) is 0. The highest BCUT2D eigenvalue weighted by atomic mass is 79.9. The van der Waals surface area contributed by atoms with E-state index in [1.54, 1.807) is 22.7 Å². The second-order valence-electron chi connectivity index (χ2n) is 4.36. The molecule has 1 aromatic carbocycles. The number of nitrogens with zero attached hydrogens (tertiary/aromatic N) is 1. The predicted molar refractivity (Wildman–Crippen MR) is 91.9 cm³/mol. The number of carbonyl (C=O) groups is 1. The Hall–Kier alpha value is -1.50. The van der Waals surface area contributed by atoms with Crippen LogP contribution in [-0.2, 0) is 11.2 Å². The highest BCUT2D eigenvalue weighted by Gasteiger charge is 2.10. The summed E-state index contributed by atoms with van der Waals surface area (Å²) >= 11 is 6.62. The van der Waals surface area contributed by atoms with Crippen molar-refractivity contribution in [2.75, 3.05) is 5.32 Å². The Bertz CT molecular complexity index is 753. The van der Waals surface area contributed by atoms with Crippen LogP contribution in [0.3, 0.4) is 0 Å². The van der Waals surface area contributed by atoms with Crippen LogP contribution in [0.15, 0.2) is 50.9 Å². The monoisotopic (exact) mass is 378 g/mol. The number of rotatable bonds is 4. The van der Waals surface area contributed by atoms with Crippen LogP contribution in [0.2, 0.25) is 0 Å². The molecular weight excluding hydrogens is 368 g/mol. The highest BCUT2D eigenvalue weighted by molar-refractivity contribution is 9.10. The van der Waals surface area contributed by atoms with Crippen molar-refractivity contribution in [3.63, 3.8) is 0 Å². The summed E-state index contributed by atoms with van der Waals surface area (Å²) in [5, 5.41) is 9.86. The molecule has 0 unspecified atom stereocenters. The number of aromatic nitrogens is 1. The molecule has 0 spiro atoms. The van der Waals surface area contributed by atoms with Gasteiger partial charge in [0.25, 0.3) is 0 Å². The van der Waals surface area contributed by atoms with Crippen molar-refractivity contribution in [3.8, 4) is 10.6 Å².